The number of para-hydroxylation sites is 6. The van der Waals surface area contributed by atoms with Crippen LogP contribution in [0.2, 0.25) is 0 Å². The predicted octanol–water partition coefficient (Wildman–Crippen LogP) is 18.7. The first-order valence-electron chi connectivity index (χ1n) is 25.1. The summed E-state index contributed by atoms with van der Waals surface area (Å²) in [5, 5.41) is 5.89. The zero-order valence-electron chi connectivity index (χ0n) is 40.2. The van der Waals surface area contributed by atoms with Gasteiger partial charge in [0, 0.05) is 76.7 Å². The maximum atomic E-state index is 18.0. The SMILES string of the molecule is Fc1ccccc1-c1cc(-c2ccccc2F)c(-n2c3ccccc3c3ccc4c(c5ccccc5n4-c4ccccc4)c32)c(C(F)(F)F)c1-n1c2ccccc2c2ccc3c(c4ccccc4n3-c3ccccc3)c21. The first kappa shape index (κ1) is 43.8. The van der Waals surface area contributed by atoms with E-state index in [1.54, 1.807) is 27.3 Å². The number of hydrogen-bond acceptors (Lipinski definition) is 0. The second-order valence-electron chi connectivity index (χ2n) is 19.3. The highest BCUT2D eigenvalue weighted by Gasteiger charge is 2.43. The van der Waals surface area contributed by atoms with Crippen LogP contribution in [0, 0.1) is 11.6 Å². The summed E-state index contributed by atoms with van der Waals surface area (Å²) >= 11 is 0. The fourth-order valence-corrected chi connectivity index (χ4v) is 12.4. The molecule has 0 spiro atoms. The number of rotatable bonds is 6. The van der Waals surface area contributed by atoms with E-state index in [0.717, 1.165) is 44.2 Å². The van der Waals surface area contributed by atoms with Crippen molar-refractivity contribution in [3.05, 3.63) is 254 Å². The van der Waals surface area contributed by atoms with E-state index in [4.69, 9.17) is 0 Å². The molecule has 0 radical (unpaired) electrons. The summed E-state index contributed by atoms with van der Waals surface area (Å²) in [6, 6.07) is 71.9. The zero-order chi connectivity index (χ0) is 51.0. The van der Waals surface area contributed by atoms with Crippen LogP contribution in [-0.4, -0.2) is 18.3 Å². The second kappa shape index (κ2) is 16.4. The van der Waals surface area contributed by atoms with Gasteiger partial charge in [0.2, 0.25) is 0 Å². The van der Waals surface area contributed by atoms with E-state index in [-0.39, 0.29) is 33.6 Å². The first-order valence-corrected chi connectivity index (χ1v) is 25.1. The Morgan fingerprint density at radius 1 is 0.276 bits per heavy atom. The van der Waals surface area contributed by atoms with Gasteiger partial charge in [0.15, 0.2) is 0 Å². The molecule has 0 fully saturated rings. The molecule has 15 rings (SSSR count). The van der Waals surface area contributed by atoms with Gasteiger partial charge < -0.3 is 18.3 Å². The maximum absolute atomic E-state index is 18.0. The van der Waals surface area contributed by atoms with Crippen LogP contribution in [0.25, 0.3) is 132 Å². The second-order valence-corrected chi connectivity index (χ2v) is 19.3. The minimum absolute atomic E-state index is 0.0644. The van der Waals surface area contributed by atoms with Crippen LogP contribution >= 0.6 is 0 Å². The van der Waals surface area contributed by atoms with E-state index < -0.39 is 23.4 Å². The Morgan fingerprint density at radius 3 is 1.01 bits per heavy atom. The van der Waals surface area contributed by atoms with Gasteiger partial charge in [-0.2, -0.15) is 13.2 Å². The molecule has 76 heavy (non-hydrogen) atoms. The highest BCUT2D eigenvalue weighted by molar-refractivity contribution is 6.28. The molecular weight excluding hydrogens is 956 g/mol. The van der Waals surface area contributed by atoms with Crippen molar-refractivity contribution in [3.8, 4) is 45.0 Å². The van der Waals surface area contributed by atoms with Crippen LogP contribution in [0.5, 0.6) is 0 Å². The number of nitrogens with zero attached hydrogens (tertiary/aromatic N) is 4. The molecule has 0 saturated heterocycles. The van der Waals surface area contributed by atoms with E-state index in [9.17, 15) is 0 Å². The lowest BCUT2D eigenvalue weighted by Crippen LogP contribution is -2.18. The van der Waals surface area contributed by atoms with Crippen LogP contribution in [-0.2, 0) is 6.18 Å². The first-order chi connectivity index (χ1) is 37.3. The standard InChI is InChI=1S/C67H39F5N4/c68-52-29-13-7-23-42(52)50-39-51(43-24-8-14-30-53(43)69)66(76-55-32-16-10-26-45(55)47-36-38-59-61(64(47)76)49-28-12-18-34-57(49)74(59)41-21-5-2-6-22-41)62(67(70,71)72)65(50)75-54-31-15-9-25-44(54)46-35-37-58-60(63(46)75)48-27-11-17-33-56(48)73(58)40-19-3-1-4-20-40/h1-39H. The molecule has 362 valence electrons. The Bertz CT molecular complexity index is 4580. The third kappa shape index (κ3) is 6.17. The van der Waals surface area contributed by atoms with Gasteiger partial charge >= 0.3 is 6.18 Å². The number of hydrogen-bond donors (Lipinski definition) is 0. The highest BCUT2D eigenvalue weighted by atomic mass is 19.4. The van der Waals surface area contributed by atoms with Crippen molar-refractivity contribution in [3.63, 3.8) is 0 Å². The van der Waals surface area contributed by atoms with Crippen LogP contribution in [0.1, 0.15) is 5.56 Å². The number of fused-ring (bicyclic) bond motifs is 14. The number of halogens is 5. The number of benzene rings is 11. The summed E-state index contributed by atoms with van der Waals surface area (Å²) in [7, 11) is 0. The molecule has 4 aromatic heterocycles. The van der Waals surface area contributed by atoms with Crippen molar-refractivity contribution < 1.29 is 22.0 Å². The van der Waals surface area contributed by atoms with Crippen LogP contribution in [0.3, 0.4) is 0 Å². The van der Waals surface area contributed by atoms with Crippen molar-refractivity contribution in [1.29, 1.82) is 0 Å². The molecule has 4 nitrogen and oxygen atoms in total. The minimum atomic E-state index is -5.18. The van der Waals surface area contributed by atoms with E-state index >= 15 is 22.0 Å². The largest absolute Gasteiger partial charge is 0.420 e. The molecule has 0 saturated carbocycles. The molecule has 0 N–H and O–H groups in total. The van der Waals surface area contributed by atoms with Crippen molar-refractivity contribution in [2.45, 2.75) is 6.18 Å². The molecule has 11 aromatic carbocycles. The molecule has 4 heterocycles. The number of alkyl halides is 3. The fraction of sp³-hybridized carbons (Fsp3) is 0.0149. The molecule has 0 unspecified atom stereocenters. The topological polar surface area (TPSA) is 19.7 Å². The van der Waals surface area contributed by atoms with Gasteiger partial charge in [-0.15, -0.1) is 0 Å². The third-order valence-electron chi connectivity index (χ3n) is 15.3. The van der Waals surface area contributed by atoms with Gasteiger partial charge in [-0.05, 0) is 78.9 Å². The molecule has 0 atom stereocenters. The molecule has 15 aromatic rings. The lowest BCUT2D eigenvalue weighted by atomic mass is 9.90. The summed E-state index contributed by atoms with van der Waals surface area (Å²) in [5.41, 5.74) is 5.04. The predicted molar refractivity (Wildman–Crippen MR) is 300 cm³/mol. The molecular formula is C67H39F5N4. The number of aromatic nitrogens is 4. The highest BCUT2D eigenvalue weighted by Crippen LogP contribution is 2.54. The molecule has 0 aliphatic carbocycles. The Hall–Kier alpha value is -9.73. The lowest BCUT2D eigenvalue weighted by Gasteiger charge is -2.27. The molecule has 0 bridgehead atoms. The van der Waals surface area contributed by atoms with Crippen LogP contribution in [0.15, 0.2) is 237 Å². The van der Waals surface area contributed by atoms with E-state index in [2.05, 4.69) is 9.13 Å². The summed E-state index contributed by atoms with van der Waals surface area (Å²) in [6.07, 6.45) is -5.18. The monoisotopic (exact) mass is 994 g/mol. The van der Waals surface area contributed by atoms with Crippen LogP contribution in [0.4, 0.5) is 22.0 Å². The van der Waals surface area contributed by atoms with E-state index in [0.29, 0.717) is 54.4 Å². The third-order valence-corrected chi connectivity index (χ3v) is 15.3. The summed E-state index contributed by atoms with van der Waals surface area (Å²) in [6.45, 7) is 0. The van der Waals surface area contributed by atoms with Gasteiger partial charge in [0.25, 0.3) is 0 Å². The van der Waals surface area contributed by atoms with Crippen molar-refractivity contribution in [2.24, 2.45) is 0 Å². The molecule has 0 aliphatic heterocycles. The van der Waals surface area contributed by atoms with Crippen molar-refractivity contribution >= 4 is 87.2 Å². The molecule has 9 heteroatoms. The van der Waals surface area contributed by atoms with Crippen LogP contribution < -0.4 is 0 Å². The van der Waals surface area contributed by atoms with E-state index in [1.807, 2.05) is 182 Å². The average molecular weight is 995 g/mol. The summed E-state index contributed by atoms with van der Waals surface area (Å²) in [4.78, 5) is 0. The van der Waals surface area contributed by atoms with Gasteiger partial charge in [0.1, 0.15) is 17.2 Å². The normalized spacial score (nSPS) is 12.3. The summed E-state index contributed by atoms with van der Waals surface area (Å²) in [5.74, 6) is -1.47. The lowest BCUT2D eigenvalue weighted by molar-refractivity contribution is -0.137. The van der Waals surface area contributed by atoms with Gasteiger partial charge in [-0.25, -0.2) is 8.78 Å². The minimum Gasteiger partial charge on any atom is -0.309 e. The maximum Gasteiger partial charge on any atom is 0.420 e. The zero-order valence-corrected chi connectivity index (χ0v) is 40.2. The smallest absolute Gasteiger partial charge is 0.309 e. The van der Waals surface area contributed by atoms with Gasteiger partial charge in [0.05, 0.1) is 55.5 Å². The quantitative estimate of drug-likeness (QED) is 0.148. The average Bonchev–Trinajstić information content (AvgIpc) is 4.19. The van der Waals surface area contributed by atoms with Crippen molar-refractivity contribution in [1.82, 2.24) is 18.3 Å². The summed E-state index contributed by atoms with van der Waals surface area (Å²) < 4.78 is 96.0. The Morgan fingerprint density at radius 2 is 0.618 bits per heavy atom. The van der Waals surface area contributed by atoms with Gasteiger partial charge in [-0.1, -0.05) is 158 Å². The van der Waals surface area contributed by atoms with E-state index in [1.165, 1.54) is 36.4 Å². The Balaban J connectivity index is 1.23. The van der Waals surface area contributed by atoms with Crippen molar-refractivity contribution in [2.75, 3.05) is 0 Å². The Labute approximate surface area is 430 Å². The van der Waals surface area contributed by atoms with Gasteiger partial charge in [-0.3, -0.25) is 0 Å². The fourth-order valence-electron chi connectivity index (χ4n) is 12.4. The molecule has 0 aliphatic rings. The molecule has 0 amide bonds. The Kier molecular flexibility index (Phi) is 9.45.